The van der Waals surface area contributed by atoms with Crippen LogP contribution in [0.4, 0.5) is 13.2 Å². The maximum absolute atomic E-state index is 11.4. The lowest BCUT2D eigenvalue weighted by Crippen LogP contribution is -2.29. The van der Waals surface area contributed by atoms with Gasteiger partial charge in [-0.15, -0.1) is 12.4 Å². The molecule has 0 unspecified atom stereocenters. The van der Waals surface area contributed by atoms with E-state index in [9.17, 15) is 13.2 Å². The zero-order valence-corrected chi connectivity index (χ0v) is 6.63. The van der Waals surface area contributed by atoms with E-state index >= 15 is 0 Å². The smallest absolute Gasteiger partial charge is 0.396 e. The predicted octanol–water partition coefficient (Wildman–Crippen LogP) is 0.942. The second-order valence-electron chi connectivity index (χ2n) is 1.87. The van der Waals surface area contributed by atoms with Crippen LogP contribution < -0.4 is 5.32 Å². The Balaban J connectivity index is 0. The molecular formula is C5H11ClF3NO. The molecule has 0 heterocycles. The van der Waals surface area contributed by atoms with Gasteiger partial charge in [0, 0.05) is 6.61 Å². The van der Waals surface area contributed by atoms with Gasteiger partial charge in [-0.05, 0) is 13.0 Å². The highest BCUT2D eigenvalue weighted by Gasteiger charge is 2.25. The zero-order chi connectivity index (χ0) is 8.04. The fourth-order valence-electron chi connectivity index (χ4n) is 0.434. The van der Waals surface area contributed by atoms with Gasteiger partial charge in [-0.3, -0.25) is 0 Å². The fraction of sp³-hybridized carbons (Fsp3) is 1.00. The van der Waals surface area contributed by atoms with Crippen molar-refractivity contribution < 1.29 is 18.3 Å². The van der Waals surface area contributed by atoms with Crippen molar-refractivity contribution in [1.29, 1.82) is 0 Å². The normalized spacial score (nSPS) is 10.9. The van der Waals surface area contributed by atoms with Crippen LogP contribution in [0.2, 0.25) is 0 Å². The summed E-state index contributed by atoms with van der Waals surface area (Å²) in [6, 6.07) is 0. The Morgan fingerprint density at radius 1 is 1.27 bits per heavy atom. The molecule has 0 spiro atoms. The van der Waals surface area contributed by atoms with Crippen LogP contribution in [0.3, 0.4) is 0 Å². The van der Waals surface area contributed by atoms with E-state index in [1.54, 1.807) is 0 Å². The number of aliphatic hydroxyl groups is 1. The predicted molar refractivity (Wildman–Crippen MR) is 37.9 cm³/mol. The molecule has 0 rings (SSSR count). The number of hydrogen-bond donors (Lipinski definition) is 2. The second-order valence-corrected chi connectivity index (χ2v) is 1.87. The molecule has 6 heteroatoms. The summed E-state index contributed by atoms with van der Waals surface area (Å²) in [5, 5.41) is 10.3. The fourth-order valence-corrected chi connectivity index (χ4v) is 0.434. The third kappa shape index (κ3) is 13.1. The molecule has 0 aromatic heterocycles. The number of rotatable bonds is 4. The number of halogens is 4. The monoisotopic (exact) mass is 193 g/mol. The molecule has 0 aromatic carbocycles. The number of hydrogen-bond acceptors (Lipinski definition) is 2. The summed E-state index contributed by atoms with van der Waals surface area (Å²) in [6.07, 6.45) is -3.79. The Morgan fingerprint density at radius 3 is 2.18 bits per heavy atom. The Labute approximate surface area is 69.2 Å². The van der Waals surface area contributed by atoms with Crippen molar-refractivity contribution in [2.75, 3.05) is 19.7 Å². The Bertz CT molecular complexity index is 88.3. The molecule has 0 saturated heterocycles. The molecule has 0 atom stereocenters. The summed E-state index contributed by atoms with van der Waals surface area (Å²) >= 11 is 0. The molecule has 2 nitrogen and oxygen atoms in total. The summed E-state index contributed by atoms with van der Waals surface area (Å²) in [5.41, 5.74) is 0. The number of alkyl halides is 3. The second kappa shape index (κ2) is 6.69. The van der Waals surface area contributed by atoms with Crippen molar-refractivity contribution in [2.24, 2.45) is 0 Å². The van der Waals surface area contributed by atoms with Gasteiger partial charge in [0.1, 0.15) is 0 Å². The highest BCUT2D eigenvalue weighted by molar-refractivity contribution is 5.85. The van der Waals surface area contributed by atoms with E-state index in [0.717, 1.165) is 0 Å². The minimum Gasteiger partial charge on any atom is -0.396 e. The van der Waals surface area contributed by atoms with Gasteiger partial charge in [-0.2, -0.15) is 13.2 Å². The molecule has 0 amide bonds. The van der Waals surface area contributed by atoms with Crippen molar-refractivity contribution in [3.8, 4) is 0 Å². The molecular weight excluding hydrogens is 183 g/mol. The van der Waals surface area contributed by atoms with Gasteiger partial charge in [-0.25, -0.2) is 0 Å². The molecule has 0 fully saturated rings. The van der Waals surface area contributed by atoms with Gasteiger partial charge >= 0.3 is 6.18 Å². The molecule has 0 aliphatic carbocycles. The molecule has 0 bridgehead atoms. The molecule has 0 aromatic rings. The summed E-state index contributed by atoms with van der Waals surface area (Å²) in [6.45, 7) is -0.853. The minimum absolute atomic E-state index is 0. The highest BCUT2D eigenvalue weighted by Crippen LogP contribution is 2.11. The molecule has 0 aliphatic heterocycles. The van der Waals surface area contributed by atoms with Crippen LogP contribution in [0.15, 0.2) is 0 Å². The van der Waals surface area contributed by atoms with Gasteiger partial charge in [-0.1, -0.05) is 0 Å². The van der Waals surface area contributed by atoms with E-state index in [-0.39, 0.29) is 25.6 Å². The third-order valence-corrected chi connectivity index (χ3v) is 0.837. The molecule has 70 valence electrons. The van der Waals surface area contributed by atoms with Crippen LogP contribution in [0.1, 0.15) is 6.42 Å². The van der Waals surface area contributed by atoms with E-state index in [2.05, 4.69) is 5.32 Å². The first-order chi connectivity index (χ1) is 4.56. The Morgan fingerprint density at radius 2 is 1.82 bits per heavy atom. The van der Waals surface area contributed by atoms with Crippen molar-refractivity contribution in [3.05, 3.63) is 0 Å². The Hall–Kier alpha value is -0.0000000000000000555. The first-order valence-electron chi connectivity index (χ1n) is 2.94. The van der Waals surface area contributed by atoms with Crippen molar-refractivity contribution >= 4 is 12.4 Å². The van der Waals surface area contributed by atoms with Gasteiger partial charge in [0.15, 0.2) is 0 Å². The van der Waals surface area contributed by atoms with Crippen LogP contribution >= 0.6 is 12.4 Å². The maximum atomic E-state index is 11.4. The molecule has 2 N–H and O–H groups in total. The molecule has 0 radical (unpaired) electrons. The van der Waals surface area contributed by atoms with Gasteiger partial charge < -0.3 is 10.4 Å². The van der Waals surface area contributed by atoms with Crippen molar-refractivity contribution in [1.82, 2.24) is 5.32 Å². The molecule has 11 heavy (non-hydrogen) atoms. The minimum atomic E-state index is -4.14. The van der Waals surface area contributed by atoms with Crippen LogP contribution in [-0.2, 0) is 0 Å². The van der Waals surface area contributed by atoms with E-state index in [1.807, 2.05) is 0 Å². The maximum Gasteiger partial charge on any atom is 0.401 e. The summed E-state index contributed by atoms with van der Waals surface area (Å²) in [7, 11) is 0. The van der Waals surface area contributed by atoms with Crippen LogP contribution in [0.5, 0.6) is 0 Å². The van der Waals surface area contributed by atoms with E-state index in [4.69, 9.17) is 5.11 Å². The van der Waals surface area contributed by atoms with Gasteiger partial charge in [0.05, 0.1) is 6.54 Å². The lowest BCUT2D eigenvalue weighted by atomic mass is 10.4. The standard InChI is InChI=1S/C5H10F3NO.ClH/c6-5(7,8)4-9-2-1-3-10;/h9-10H,1-4H2;1H. The topological polar surface area (TPSA) is 32.3 Å². The van der Waals surface area contributed by atoms with Crippen LogP contribution in [0, 0.1) is 0 Å². The van der Waals surface area contributed by atoms with E-state index < -0.39 is 12.7 Å². The largest absolute Gasteiger partial charge is 0.401 e. The summed E-state index contributed by atoms with van der Waals surface area (Å²) < 4.78 is 34.1. The van der Waals surface area contributed by atoms with Crippen molar-refractivity contribution in [2.45, 2.75) is 12.6 Å². The average molecular weight is 194 g/mol. The third-order valence-electron chi connectivity index (χ3n) is 0.837. The Kier molecular flexibility index (Phi) is 8.26. The SMILES string of the molecule is Cl.OCCCNCC(F)(F)F. The quantitative estimate of drug-likeness (QED) is 0.652. The van der Waals surface area contributed by atoms with Gasteiger partial charge in [0.2, 0.25) is 0 Å². The van der Waals surface area contributed by atoms with Crippen molar-refractivity contribution in [3.63, 3.8) is 0 Å². The summed E-state index contributed by atoms with van der Waals surface area (Å²) in [5.74, 6) is 0. The average Bonchev–Trinajstić information content (AvgIpc) is 1.78. The molecule has 0 aliphatic rings. The lowest BCUT2D eigenvalue weighted by Gasteiger charge is -2.06. The van der Waals surface area contributed by atoms with Gasteiger partial charge in [0.25, 0.3) is 0 Å². The number of aliphatic hydroxyl groups excluding tert-OH is 1. The van der Waals surface area contributed by atoms with E-state index in [0.29, 0.717) is 6.42 Å². The highest BCUT2D eigenvalue weighted by atomic mass is 35.5. The van der Waals surface area contributed by atoms with Crippen LogP contribution in [-0.4, -0.2) is 31.0 Å². The lowest BCUT2D eigenvalue weighted by molar-refractivity contribution is -0.124. The van der Waals surface area contributed by atoms with Crippen LogP contribution in [0.25, 0.3) is 0 Å². The summed E-state index contributed by atoms with van der Waals surface area (Å²) in [4.78, 5) is 0. The zero-order valence-electron chi connectivity index (χ0n) is 5.82. The molecule has 0 saturated carbocycles. The first-order valence-corrected chi connectivity index (χ1v) is 2.94. The van der Waals surface area contributed by atoms with E-state index in [1.165, 1.54) is 0 Å². The number of nitrogens with one attached hydrogen (secondary N) is 1. The first kappa shape index (κ1) is 13.6.